The van der Waals surface area contributed by atoms with Crippen molar-refractivity contribution in [3.8, 4) is 0 Å². The fourth-order valence-corrected chi connectivity index (χ4v) is 2.98. The van der Waals surface area contributed by atoms with Crippen LogP contribution in [0.15, 0.2) is 71.9 Å². The number of hydrogen-bond acceptors (Lipinski definition) is 4. The van der Waals surface area contributed by atoms with Crippen LogP contribution in [0.1, 0.15) is 16.1 Å². The molecule has 1 amide bonds. The highest BCUT2D eigenvalue weighted by molar-refractivity contribution is 9.10. The second kappa shape index (κ2) is 7.58. The summed E-state index contributed by atoms with van der Waals surface area (Å²) in [4.78, 5) is 12.5. The maximum Gasteiger partial charge on any atom is 0.276 e. The second-order valence-corrected chi connectivity index (χ2v) is 6.85. The van der Waals surface area contributed by atoms with Gasteiger partial charge in [-0.2, -0.15) is 15.3 Å². The molecule has 4 aromatic rings. The third-order valence-corrected chi connectivity index (χ3v) is 4.26. The van der Waals surface area contributed by atoms with Crippen molar-refractivity contribution in [2.45, 2.75) is 13.2 Å². The van der Waals surface area contributed by atoms with Crippen LogP contribution in [0, 0.1) is 0 Å². The number of carbonyl (C=O) groups is 1. The number of aromatic nitrogens is 6. The number of rotatable bonds is 6. The molecule has 0 aliphatic heterocycles. The van der Waals surface area contributed by atoms with Crippen molar-refractivity contribution in [2.24, 2.45) is 0 Å². The third-order valence-electron chi connectivity index (χ3n) is 3.85. The van der Waals surface area contributed by atoms with E-state index in [1.807, 2.05) is 47.4 Å². The molecule has 0 spiro atoms. The molecule has 0 atom stereocenters. The summed E-state index contributed by atoms with van der Waals surface area (Å²) in [7, 11) is 0. The van der Waals surface area contributed by atoms with Crippen LogP contribution < -0.4 is 5.32 Å². The highest BCUT2D eigenvalue weighted by Crippen LogP contribution is 2.13. The van der Waals surface area contributed by atoms with Gasteiger partial charge in [-0.05, 0) is 45.8 Å². The number of carbonyl (C=O) groups excluding carboxylic acids is 1. The maximum atomic E-state index is 12.5. The van der Waals surface area contributed by atoms with Crippen molar-refractivity contribution < 1.29 is 4.79 Å². The first-order valence-corrected chi connectivity index (χ1v) is 9.04. The molecular formula is C18H16BrN7O. The molecule has 9 heteroatoms. The second-order valence-electron chi connectivity index (χ2n) is 5.94. The van der Waals surface area contributed by atoms with E-state index >= 15 is 0 Å². The first kappa shape index (κ1) is 17.2. The molecular weight excluding hydrogens is 410 g/mol. The van der Waals surface area contributed by atoms with Crippen molar-refractivity contribution in [3.05, 3.63) is 83.1 Å². The van der Waals surface area contributed by atoms with E-state index in [0.717, 1.165) is 15.7 Å². The summed E-state index contributed by atoms with van der Waals surface area (Å²) in [5.41, 5.74) is 2.11. The van der Waals surface area contributed by atoms with Crippen LogP contribution in [0.3, 0.4) is 0 Å². The van der Waals surface area contributed by atoms with Crippen molar-refractivity contribution in [1.29, 1.82) is 0 Å². The average Bonchev–Trinajstić information content (AvgIpc) is 3.39. The van der Waals surface area contributed by atoms with Gasteiger partial charge in [-0.3, -0.25) is 14.2 Å². The number of benzene rings is 1. The van der Waals surface area contributed by atoms with Gasteiger partial charge in [0.15, 0.2) is 5.69 Å². The first-order valence-electron chi connectivity index (χ1n) is 8.25. The quantitative estimate of drug-likeness (QED) is 0.514. The van der Waals surface area contributed by atoms with Gasteiger partial charge in [0.1, 0.15) is 6.67 Å². The number of nitrogens with zero attached hydrogens (tertiary/aromatic N) is 6. The smallest absolute Gasteiger partial charge is 0.276 e. The Labute approximate surface area is 163 Å². The summed E-state index contributed by atoms with van der Waals surface area (Å²) in [5, 5.41) is 15.6. The van der Waals surface area contributed by atoms with Crippen LogP contribution in [0.5, 0.6) is 0 Å². The van der Waals surface area contributed by atoms with E-state index in [1.54, 1.807) is 34.0 Å². The largest absolute Gasteiger partial charge is 0.321 e. The van der Waals surface area contributed by atoms with Crippen LogP contribution in [-0.4, -0.2) is 35.2 Å². The fourth-order valence-electron chi connectivity index (χ4n) is 2.65. The molecule has 3 heterocycles. The molecule has 27 heavy (non-hydrogen) atoms. The minimum atomic E-state index is -0.258. The highest BCUT2D eigenvalue weighted by atomic mass is 79.9. The Kier molecular flexibility index (Phi) is 4.84. The standard InChI is InChI=1S/C18H16BrN7O/c19-15-10-21-26(12-15)13-25-8-5-17(23-25)18(27)22-16-4-1-3-14(9-16)11-24-7-2-6-20-24/h1-10,12H,11,13H2,(H,22,27). The fraction of sp³-hybridized carbons (Fsp3) is 0.111. The van der Waals surface area contributed by atoms with Crippen LogP contribution in [-0.2, 0) is 13.2 Å². The maximum absolute atomic E-state index is 12.5. The Morgan fingerprint density at radius 2 is 2.00 bits per heavy atom. The van der Waals surface area contributed by atoms with Crippen LogP contribution in [0.4, 0.5) is 5.69 Å². The van der Waals surface area contributed by atoms with Gasteiger partial charge >= 0.3 is 0 Å². The normalized spacial score (nSPS) is 10.9. The number of halogens is 1. The van der Waals surface area contributed by atoms with E-state index in [4.69, 9.17) is 0 Å². The van der Waals surface area contributed by atoms with Crippen LogP contribution >= 0.6 is 15.9 Å². The molecule has 3 aromatic heterocycles. The van der Waals surface area contributed by atoms with Crippen molar-refractivity contribution in [3.63, 3.8) is 0 Å². The highest BCUT2D eigenvalue weighted by Gasteiger charge is 2.11. The summed E-state index contributed by atoms with van der Waals surface area (Å²) in [6, 6.07) is 11.2. The zero-order valence-electron chi connectivity index (χ0n) is 14.2. The molecule has 0 aliphatic carbocycles. The SMILES string of the molecule is O=C(Nc1cccc(Cn2cccn2)c1)c1ccn(Cn2cc(Br)cn2)n1. The first-order chi connectivity index (χ1) is 13.2. The molecule has 0 radical (unpaired) electrons. The number of anilines is 1. The Hall–Kier alpha value is -3.20. The van der Waals surface area contributed by atoms with E-state index < -0.39 is 0 Å². The Morgan fingerprint density at radius 1 is 1.07 bits per heavy atom. The molecule has 8 nitrogen and oxygen atoms in total. The van der Waals surface area contributed by atoms with Gasteiger partial charge < -0.3 is 5.32 Å². The lowest BCUT2D eigenvalue weighted by Gasteiger charge is -2.07. The van der Waals surface area contributed by atoms with Crippen LogP contribution in [0.25, 0.3) is 0 Å². The lowest BCUT2D eigenvalue weighted by molar-refractivity contribution is 0.102. The van der Waals surface area contributed by atoms with Crippen molar-refractivity contribution in [1.82, 2.24) is 29.3 Å². The van der Waals surface area contributed by atoms with Crippen LogP contribution in [0.2, 0.25) is 0 Å². The molecule has 1 aromatic carbocycles. The Morgan fingerprint density at radius 3 is 2.78 bits per heavy atom. The van der Waals surface area contributed by atoms with Gasteiger partial charge in [0.05, 0.1) is 17.2 Å². The predicted molar refractivity (Wildman–Crippen MR) is 103 cm³/mol. The minimum Gasteiger partial charge on any atom is -0.321 e. The lowest BCUT2D eigenvalue weighted by atomic mass is 10.2. The van der Waals surface area contributed by atoms with Gasteiger partial charge in [-0.1, -0.05) is 12.1 Å². The van der Waals surface area contributed by atoms with E-state index in [0.29, 0.717) is 18.9 Å². The van der Waals surface area contributed by atoms with Gasteiger partial charge in [-0.25, -0.2) is 4.68 Å². The molecule has 0 unspecified atom stereocenters. The topological polar surface area (TPSA) is 82.6 Å². The summed E-state index contributed by atoms with van der Waals surface area (Å²) in [6.07, 6.45) is 8.93. The molecule has 0 bridgehead atoms. The van der Waals surface area contributed by atoms with Gasteiger partial charge in [0, 0.05) is 30.5 Å². The summed E-state index contributed by atoms with van der Waals surface area (Å²) < 4.78 is 6.10. The van der Waals surface area contributed by atoms with Gasteiger partial charge in [0.25, 0.3) is 5.91 Å². The lowest BCUT2D eigenvalue weighted by Crippen LogP contribution is -2.15. The molecule has 0 aliphatic rings. The number of hydrogen-bond donors (Lipinski definition) is 1. The molecule has 136 valence electrons. The monoisotopic (exact) mass is 425 g/mol. The summed E-state index contributed by atoms with van der Waals surface area (Å²) >= 11 is 3.35. The predicted octanol–water partition coefficient (Wildman–Crippen LogP) is 2.85. The molecule has 0 fully saturated rings. The number of nitrogens with one attached hydrogen (secondary N) is 1. The minimum absolute atomic E-state index is 0.258. The zero-order chi connectivity index (χ0) is 18.6. The summed E-state index contributed by atoms with van der Waals surface area (Å²) in [6.45, 7) is 1.07. The Bertz CT molecular complexity index is 1050. The van der Waals surface area contributed by atoms with E-state index in [9.17, 15) is 4.79 Å². The zero-order valence-corrected chi connectivity index (χ0v) is 15.8. The van der Waals surface area contributed by atoms with Gasteiger partial charge in [-0.15, -0.1) is 0 Å². The average molecular weight is 426 g/mol. The summed E-state index contributed by atoms with van der Waals surface area (Å²) in [5.74, 6) is -0.258. The van der Waals surface area contributed by atoms with Crippen molar-refractivity contribution in [2.75, 3.05) is 5.32 Å². The molecule has 0 saturated heterocycles. The van der Waals surface area contributed by atoms with Gasteiger partial charge in [0.2, 0.25) is 0 Å². The van der Waals surface area contributed by atoms with E-state index in [2.05, 4.69) is 36.5 Å². The Balaban J connectivity index is 1.41. The third kappa shape index (κ3) is 4.32. The molecule has 0 saturated carbocycles. The number of amides is 1. The molecule has 4 rings (SSSR count). The molecule has 1 N–H and O–H groups in total. The van der Waals surface area contributed by atoms with Crippen molar-refractivity contribution >= 4 is 27.5 Å². The van der Waals surface area contributed by atoms with E-state index in [1.165, 1.54) is 0 Å². The van der Waals surface area contributed by atoms with E-state index in [-0.39, 0.29) is 5.91 Å².